The summed E-state index contributed by atoms with van der Waals surface area (Å²) in [6.07, 6.45) is 1.50. The maximum atomic E-state index is 11.1. The Kier molecular flexibility index (Phi) is 4.31. The minimum Gasteiger partial charge on any atom is -0.369 e. The van der Waals surface area contributed by atoms with E-state index in [4.69, 9.17) is 11.6 Å². The molecule has 0 unspecified atom stereocenters. The van der Waals surface area contributed by atoms with Crippen molar-refractivity contribution in [2.75, 3.05) is 24.7 Å². The van der Waals surface area contributed by atoms with Crippen LogP contribution in [-0.2, 0) is 10.0 Å². The quantitative estimate of drug-likeness (QED) is 0.806. The lowest BCUT2D eigenvalue weighted by molar-refractivity contribution is 0.588. The lowest BCUT2D eigenvalue weighted by atomic mass is 10.4. The summed E-state index contributed by atoms with van der Waals surface area (Å²) in [6, 6.07) is 3.37. The van der Waals surface area contributed by atoms with Crippen molar-refractivity contribution >= 4 is 27.4 Å². The summed E-state index contributed by atoms with van der Waals surface area (Å²) < 4.78 is 24.3. The van der Waals surface area contributed by atoms with Gasteiger partial charge in [-0.05, 0) is 19.2 Å². The molecule has 0 bridgehead atoms. The van der Waals surface area contributed by atoms with Gasteiger partial charge in [-0.15, -0.1) is 0 Å². The van der Waals surface area contributed by atoms with Gasteiger partial charge in [0.1, 0.15) is 5.82 Å². The minimum absolute atomic E-state index is 0.00774. The Labute approximate surface area is 93.9 Å². The van der Waals surface area contributed by atoms with Crippen molar-refractivity contribution in [3.63, 3.8) is 0 Å². The molecule has 0 aliphatic heterocycles. The molecule has 2 N–H and O–H groups in total. The maximum Gasteiger partial charge on any atom is 0.213 e. The van der Waals surface area contributed by atoms with Crippen LogP contribution in [-0.4, -0.2) is 32.7 Å². The molecule has 5 nitrogen and oxygen atoms in total. The van der Waals surface area contributed by atoms with Crippen molar-refractivity contribution in [1.82, 2.24) is 9.71 Å². The highest BCUT2D eigenvalue weighted by atomic mass is 35.5. The second-order valence-corrected chi connectivity index (χ2v) is 5.29. The zero-order valence-electron chi connectivity index (χ0n) is 8.20. The zero-order valence-corrected chi connectivity index (χ0v) is 9.77. The van der Waals surface area contributed by atoms with E-state index in [-0.39, 0.29) is 5.75 Å². The smallest absolute Gasteiger partial charge is 0.213 e. The van der Waals surface area contributed by atoms with Gasteiger partial charge in [0.15, 0.2) is 0 Å². The monoisotopic (exact) mass is 249 g/mol. The number of hydrogen-bond acceptors (Lipinski definition) is 4. The van der Waals surface area contributed by atoms with Gasteiger partial charge in [-0.3, -0.25) is 0 Å². The van der Waals surface area contributed by atoms with E-state index < -0.39 is 10.0 Å². The molecule has 0 aliphatic carbocycles. The first-order chi connectivity index (χ1) is 7.03. The molecule has 84 valence electrons. The van der Waals surface area contributed by atoms with E-state index in [0.717, 1.165) is 0 Å². The Balaban J connectivity index is 2.42. The molecule has 0 amide bonds. The van der Waals surface area contributed by atoms with E-state index >= 15 is 0 Å². The SMILES string of the molecule is CNS(=O)(=O)CCNc1ccc(Cl)cn1. The normalized spacial score (nSPS) is 11.3. The van der Waals surface area contributed by atoms with Gasteiger partial charge >= 0.3 is 0 Å². The van der Waals surface area contributed by atoms with E-state index in [2.05, 4.69) is 15.0 Å². The van der Waals surface area contributed by atoms with Crippen molar-refractivity contribution in [1.29, 1.82) is 0 Å². The van der Waals surface area contributed by atoms with Crippen LogP contribution in [0.1, 0.15) is 0 Å². The van der Waals surface area contributed by atoms with Crippen molar-refractivity contribution in [2.45, 2.75) is 0 Å². The molecule has 1 aromatic heterocycles. The number of hydrogen-bond donors (Lipinski definition) is 2. The number of aromatic nitrogens is 1. The predicted octanol–water partition coefficient (Wildman–Crippen LogP) is 0.696. The van der Waals surface area contributed by atoms with Gasteiger partial charge in [-0.2, -0.15) is 0 Å². The molecule has 0 atom stereocenters. The maximum absolute atomic E-state index is 11.1. The Morgan fingerprint density at radius 3 is 2.73 bits per heavy atom. The van der Waals surface area contributed by atoms with E-state index in [1.165, 1.54) is 13.2 Å². The molecule has 0 saturated carbocycles. The second-order valence-electron chi connectivity index (χ2n) is 2.81. The molecule has 0 aromatic carbocycles. The van der Waals surface area contributed by atoms with Crippen molar-refractivity contribution in [3.8, 4) is 0 Å². The average Bonchev–Trinajstić information content (AvgIpc) is 2.21. The van der Waals surface area contributed by atoms with Gasteiger partial charge in [0.25, 0.3) is 0 Å². The Bertz CT molecular complexity index is 404. The fourth-order valence-electron chi connectivity index (χ4n) is 0.896. The molecule has 15 heavy (non-hydrogen) atoms. The van der Waals surface area contributed by atoms with Gasteiger partial charge in [-0.1, -0.05) is 11.6 Å². The summed E-state index contributed by atoms with van der Waals surface area (Å²) >= 11 is 5.64. The highest BCUT2D eigenvalue weighted by molar-refractivity contribution is 7.89. The summed E-state index contributed by atoms with van der Waals surface area (Å²) in [6.45, 7) is 0.303. The average molecular weight is 250 g/mol. The van der Waals surface area contributed by atoms with Crippen molar-refractivity contribution in [2.24, 2.45) is 0 Å². The molecule has 1 aromatic rings. The minimum atomic E-state index is -3.16. The number of halogens is 1. The summed E-state index contributed by atoms with van der Waals surface area (Å²) in [5.74, 6) is 0.610. The van der Waals surface area contributed by atoms with Crippen molar-refractivity contribution < 1.29 is 8.42 Å². The fraction of sp³-hybridized carbons (Fsp3) is 0.375. The summed E-state index contributed by atoms with van der Waals surface area (Å²) in [4.78, 5) is 3.97. The van der Waals surface area contributed by atoms with Crippen LogP contribution in [0.25, 0.3) is 0 Å². The molecular weight excluding hydrogens is 238 g/mol. The van der Waals surface area contributed by atoms with E-state index in [0.29, 0.717) is 17.4 Å². The largest absolute Gasteiger partial charge is 0.369 e. The Morgan fingerprint density at radius 1 is 1.47 bits per heavy atom. The third-order valence-electron chi connectivity index (χ3n) is 1.72. The first-order valence-electron chi connectivity index (χ1n) is 4.30. The third kappa shape index (κ3) is 4.46. The molecule has 0 spiro atoms. The van der Waals surface area contributed by atoms with Crippen molar-refractivity contribution in [3.05, 3.63) is 23.4 Å². The van der Waals surface area contributed by atoms with Crippen LogP contribution in [0.2, 0.25) is 5.02 Å². The molecular formula is C8H12ClN3O2S. The van der Waals surface area contributed by atoms with Crippen LogP contribution in [0, 0.1) is 0 Å². The van der Waals surface area contributed by atoms with Crippen LogP contribution in [0.4, 0.5) is 5.82 Å². The van der Waals surface area contributed by atoms with Gasteiger partial charge in [0, 0.05) is 12.7 Å². The van der Waals surface area contributed by atoms with Gasteiger partial charge in [-0.25, -0.2) is 18.1 Å². The van der Waals surface area contributed by atoms with Gasteiger partial charge < -0.3 is 5.32 Å². The number of sulfonamides is 1. The summed E-state index contributed by atoms with van der Waals surface area (Å²) in [5.41, 5.74) is 0. The lowest BCUT2D eigenvalue weighted by Crippen LogP contribution is -2.26. The van der Waals surface area contributed by atoms with Crippen LogP contribution in [0.5, 0.6) is 0 Å². The highest BCUT2D eigenvalue weighted by Gasteiger charge is 2.05. The topological polar surface area (TPSA) is 71.1 Å². The Morgan fingerprint density at radius 2 is 2.20 bits per heavy atom. The third-order valence-corrected chi connectivity index (χ3v) is 3.30. The zero-order chi connectivity index (χ0) is 11.3. The van der Waals surface area contributed by atoms with Crippen LogP contribution in [0.15, 0.2) is 18.3 Å². The van der Waals surface area contributed by atoms with Crippen LogP contribution in [0.3, 0.4) is 0 Å². The second kappa shape index (κ2) is 5.29. The molecule has 0 saturated heterocycles. The molecule has 0 aliphatic rings. The summed E-state index contributed by atoms with van der Waals surface area (Å²) in [5, 5.41) is 3.42. The number of nitrogens with zero attached hydrogens (tertiary/aromatic N) is 1. The molecule has 7 heteroatoms. The molecule has 0 fully saturated rings. The molecule has 1 rings (SSSR count). The predicted molar refractivity (Wildman–Crippen MR) is 60.6 cm³/mol. The number of anilines is 1. The van der Waals surface area contributed by atoms with Gasteiger partial charge in [0.2, 0.25) is 10.0 Å². The summed E-state index contributed by atoms with van der Waals surface area (Å²) in [7, 11) is -1.78. The van der Waals surface area contributed by atoms with Crippen LogP contribution < -0.4 is 10.0 Å². The number of pyridine rings is 1. The Hall–Kier alpha value is -0.850. The lowest BCUT2D eigenvalue weighted by Gasteiger charge is -2.05. The first kappa shape index (κ1) is 12.2. The molecule has 0 radical (unpaired) electrons. The van der Waals surface area contributed by atoms with E-state index in [1.807, 2.05) is 0 Å². The fourth-order valence-corrected chi connectivity index (χ4v) is 1.58. The first-order valence-corrected chi connectivity index (χ1v) is 6.33. The van der Waals surface area contributed by atoms with E-state index in [1.54, 1.807) is 12.1 Å². The standard InChI is InChI=1S/C8H12ClN3O2S/c1-10-15(13,14)5-4-11-8-3-2-7(9)6-12-8/h2-3,6,10H,4-5H2,1H3,(H,11,12). The molecule has 1 heterocycles. The number of nitrogens with one attached hydrogen (secondary N) is 2. The number of rotatable bonds is 5. The van der Waals surface area contributed by atoms with E-state index in [9.17, 15) is 8.42 Å². The highest BCUT2D eigenvalue weighted by Crippen LogP contribution is 2.08. The van der Waals surface area contributed by atoms with Crippen LogP contribution >= 0.6 is 11.6 Å². The van der Waals surface area contributed by atoms with Gasteiger partial charge in [0.05, 0.1) is 10.8 Å².